The molecule has 2 aromatic rings. The number of ether oxygens (including phenoxy) is 1. The Morgan fingerprint density at radius 3 is 2.26 bits per heavy atom. The van der Waals surface area contributed by atoms with Crippen molar-refractivity contribution in [3.05, 3.63) is 54.1 Å². The first-order valence-electron chi connectivity index (χ1n) is 10.0. The highest BCUT2D eigenvalue weighted by atomic mass is 32.2. The first-order chi connectivity index (χ1) is 14.7. The lowest BCUT2D eigenvalue weighted by Gasteiger charge is -2.30. The normalized spacial score (nSPS) is 12.0. The van der Waals surface area contributed by atoms with Gasteiger partial charge in [0.2, 0.25) is 15.9 Å². The summed E-state index contributed by atoms with van der Waals surface area (Å²) >= 11 is 0. The summed E-state index contributed by atoms with van der Waals surface area (Å²) in [5, 5.41) is 5.51. The fraction of sp³-hybridized carbons (Fsp3) is 0.364. The molecule has 2 amide bonds. The number of sulfonamides is 1. The van der Waals surface area contributed by atoms with Gasteiger partial charge in [-0.25, -0.2) is 8.42 Å². The van der Waals surface area contributed by atoms with Crippen LogP contribution in [0.5, 0.6) is 5.75 Å². The third-order valence-corrected chi connectivity index (χ3v) is 5.80. The third-order valence-electron chi connectivity index (χ3n) is 4.62. The molecular weight excluding hydrogens is 418 g/mol. The molecule has 2 N–H and O–H groups in total. The largest absolute Gasteiger partial charge is 0.497 e. The molecule has 31 heavy (non-hydrogen) atoms. The number of hydrogen-bond acceptors (Lipinski definition) is 5. The van der Waals surface area contributed by atoms with Crippen molar-refractivity contribution >= 4 is 33.2 Å². The molecule has 0 heterocycles. The zero-order chi connectivity index (χ0) is 23.0. The standard InChI is InChI=1S/C22H29N3O5S/c1-5-15-23-21(26)18-9-7-8-10-19(18)24-22(27)20(6-2)25(31(4,28)29)16-11-13-17(30-3)14-12-16/h7-14,20H,5-6,15H2,1-4H3,(H,23,26)(H,24,27). The molecule has 1 unspecified atom stereocenters. The molecule has 168 valence electrons. The number of methoxy groups -OCH3 is 1. The molecule has 0 aliphatic rings. The van der Waals surface area contributed by atoms with Crippen molar-refractivity contribution in [2.75, 3.05) is 29.5 Å². The van der Waals surface area contributed by atoms with Crippen molar-refractivity contribution < 1.29 is 22.7 Å². The lowest BCUT2D eigenvalue weighted by molar-refractivity contribution is -0.117. The van der Waals surface area contributed by atoms with Crippen LogP contribution in [0, 0.1) is 0 Å². The van der Waals surface area contributed by atoms with Crippen LogP contribution in [0.2, 0.25) is 0 Å². The minimum absolute atomic E-state index is 0.231. The van der Waals surface area contributed by atoms with Crippen LogP contribution in [0.3, 0.4) is 0 Å². The Hall–Kier alpha value is -3.07. The van der Waals surface area contributed by atoms with E-state index >= 15 is 0 Å². The molecule has 0 aliphatic heterocycles. The second-order valence-corrected chi connectivity index (χ2v) is 8.83. The quantitative estimate of drug-likeness (QED) is 0.583. The van der Waals surface area contributed by atoms with Crippen molar-refractivity contribution in [1.29, 1.82) is 0 Å². The van der Waals surface area contributed by atoms with Gasteiger partial charge in [0.1, 0.15) is 11.8 Å². The smallest absolute Gasteiger partial charge is 0.253 e. The SMILES string of the molecule is CCCNC(=O)c1ccccc1NC(=O)C(CC)N(c1ccc(OC)cc1)S(C)(=O)=O. The van der Waals surface area contributed by atoms with Gasteiger partial charge < -0.3 is 15.4 Å². The van der Waals surface area contributed by atoms with Gasteiger partial charge in [0.15, 0.2) is 0 Å². The van der Waals surface area contributed by atoms with Crippen LogP contribution in [0.4, 0.5) is 11.4 Å². The van der Waals surface area contributed by atoms with E-state index in [1.165, 1.54) is 7.11 Å². The molecule has 8 nitrogen and oxygen atoms in total. The second kappa shape index (κ2) is 10.8. The average Bonchev–Trinajstić information content (AvgIpc) is 2.75. The Bertz CT molecular complexity index is 1010. The molecule has 2 aromatic carbocycles. The van der Waals surface area contributed by atoms with Gasteiger partial charge in [-0.05, 0) is 49.2 Å². The molecule has 1 atom stereocenters. The summed E-state index contributed by atoms with van der Waals surface area (Å²) in [5.41, 5.74) is 0.983. The van der Waals surface area contributed by atoms with E-state index in [0.717, 1.165) is 17.0 Å². The number of rotatable bonds is 10. The van der Waals surface area contributed by atoms with Crippen molar-refractivity contribution in [1.82, 2.24) is 5.32 Å². The average molecular weight is 448 g/mol. The number of carbonyl (C=O) groups excluding carboxylic acids is 2. The lowest BCUT2D eigenvalue weighted by atomic mass is 10.1. The van der Waals surface area contributed by atoms with Gasteiger partial charge >= 0.3 is 0 Å². The number of amides is 2. The van der Waals surface area contributed by atoms with E-state index in [2.05, 4.69) is 10.6 Å². The van der Waals surface area contributed by atoms with E-state index in [1.54, 1.807) is 55.5 Å². The maximum Gasteiger partial charge on any atom is 0.253 e. The number of carbonyl (C=O) groups is 2. The zero-order valence-corrected chi connectivity index (χ0v) is 19.0. The summed E-state index contributed by atoms with van der Waals surface area (Å²) in [6.45, 7) is 4.18. The lowest BCUT2D eigenvalue weighted by Crippen LogP contribution is -2.47. The molecule has 0 aliphatic carbocycles. The number of anilines is 2. The minimum Gasteiger partial charge on any atom is -0.497 e. The fourth-order valence-corrected chi connectivity index (χ4v) is 4.34. The topological polar surface area (TPSA) is 105 Å². The Kier molecular flexibility index (Phi) is 8.44. The summed E-state index contributed by atoms with van der Waals surface area (Å²) < 4.78 is 31.4. The Morgan fingerprint density at radius 1 is 1.06 bits per heavy atom. The van der Waals surface area contributed by atoms with Crippen molar-refractivity contribution in [2.45, 2.75) is 32.7 Å². The van der Waals surface area contributed by atoms with Gasteiger partial charge in [-0.3, -0.25) is 13.9 Å². The maximum atomic E-state index is 13.1. The monoisotopic (exact) mass is 447 g/mol. The molecule has 0 aromatic heterocycles. The van der Waals surface area contributed by atoms with Crippen LogP contribution >= 0.6 is 0 Å². The highest BCUT2D eigenvalue weighted by Crippen LogP contribution is 2.26. The number of para-hydroxylation sites is 1. The third kappa shape index (κ3) is 6.21. The zero-order valence-electron chi connectivity index (χ0n) is 18.2. The summed E-state index contributed by atoms with van der Waals surface area (Å²) in [7, 11) is -2.26. The number of hydrogen-bond donors (Lipinski definition) is 2. The molecule has 0 radical (unpaired) electrons. The molecule has 9 heteroatoms. The predicted molar refractivity (Wildman–Crippen MR) is 122 cm³/mol. The molecule has 0 saturated carbocycles. The number of nitrogens with zero attached hydrogens (tertiary/aromatic N) is 1. The van der Waals surface area contributed by atoms with Crippen molar-refractivity contribution in [2.24, 2.45) is 0 Å². The second-order valence-electron chi connectivity index (χ2n) is 6.97. The van der Waals surface area contributed by atoms with Gasteiger partial charge in [0, 0.05) is 6.54 Å². The predicted octanol–water partition coefficient (Wildman–Crippen LogP) is 3.02. The highest BCUT2D eigenvalue weighted by molar-refractivity contribution is 7.92. The summed E-state index contributed by atoms with van der Waals surface area (Å²) in [5.74, 6) is -0.262. The molecular formula is C22H29N3O5S. The van der Waals surface area contributed by atoms with Crippen molar-refractivity contribution in [3.63, 3.8) is 0 Å². The highest BCUT2D eigenvalue weighted by Gasteiger charge is 2.32. The summed E-state index contributed by atoms with van der Waals surface area (Å²) in [6.07, 6.45) is 2.07. The van der Waals surface area contributed by atoms with Gasteiger partial charge in [-0.1, -0.05) is 26.0 Å². The van der Waals surface area contributed by atoms with E-state index < -0.39 is 22.0 Å². The van der Waals surface area contributed by atoms with E-state index in [-0.39, 0.29) is 12.3 Å². The number of benzene rings is 2. The van der Waals surface area contributed by atoms with Gasteiger partial charge in [-0.15, -0.1) is 0 Å². The first kappa shape index (κ1) is 24.2. The molecule has 0 saturated heterocycles. The molecule has 2 rings (SSSR count). The summed E-state index contributed by atoms with van der Waals surface area (Å²) in [4.78, 5) is 25.6. The van der Waals surface area contributed by atoms with Crippen LogP contribution in [-0.2, 0) is 14.8 Å². The van der Waals surface area contributed by atoms with Crippen LogP contribution in [0.1, 0.15) is 37.0 Å². The van der Waals surface area contributed by atoms with E-state index in [9.17, 15) is 18.0 Å². The number of nitrogens with one attached hydrogen (secondary N) is 2. The van der Waals surface area contributed by atoms with Crippen LogP contribution in [-0.4, -0.2) is 46.2 Å². The first-order valence-corrected chi connectivity index (χ1v) is 11.9. The fourth-order valence-electron chi connectivity index (χ4n) is 3.13. The molecule has 0 fully saturated rings. The van der Waals surface area contributed by atoms with Crippen molar-refractivity contribution in [3.8, 4) is 5.75 Å². The van der Waals surface area contributed by atoms with Crippen LogP contribution in [0.25, 0.3) is 0 Å². The van der Waals surface area contributed by atoms with E-state index in [4.69, 9.17) is 4.74 Å². The maximum absolute atomic E-state index is 13.1. The van der Waals surface area contributed by atoms with Gasteiger partial charge in [0.05, 0.1) is 30.3 Å². The van der Waals surface area contributed by atoms with Gasteiger partial charge in [0.25, 0.3) is 5.91 Å². The van der Waals surface area contributed by atoms with E-state index in [1.807, 2.05) is 6.92 Å². The van der Waals surface area contributed by atoms with Crippen LogP contribution in [0.15, 0.2) is 48.5 Å². The Labute approximate surface area is 183 Å². The summed E-state index contributed by atoms with van der Waals surface area (Å²) in [6, 6.07) is 12.1. The van der Waals surface area contributed by atoms with Gasteiger partial charge in [-0.2, -0.15) is 0 Å². The van der Waals surface area contributed by atoms with E-state index in [0.29, 0.717) is 29.2 Å². The Morgan fingerprint density at radius 2 is 1.71 bits per heavy atom. The Balaban J connectivity index is 2.36. The molecule has 0 bridgehead atoms. The van der Waals surface area contributed by atoms with Crippen LogP contribution < -0.4 is 19.7 Å². The minimum atomic E-state index is -3.77. The molecule has 0 spiro atoms.